The maximum Gasteiger partial charge on any atom is 0.306 e. The minimum absolute atomic E-state index is 0.0574. The van der Waals surface area contributed by atoms with Crippen molar-refractivity contribution in [2.75, 3.05) is 6.61 Å². The van der Waals surface area contributed by atoms with Crippen LogP contribution in [0.2, 0.25) is 0 Å². The van der Waals surface area contributed by atoms with E-state index in [-0.39, 0.29) is 24.9 Å². The number of hydrogen-bond acceptors (Lipinski definition) is 5. The average Bonchev–Trinajstić information content (AvgIpc) is 3.19. The van der Waals surface area contributed by atoms with Crippen LogP contribution < -0.4 is 5.32 Å². The van der Waals surface area contributed by atoms with Crippen molar-refractivity contribution in [1.29, 1.82) is 0 Å². The first kappa shape index (κ1) is 53.8. The molecule has 0 aromatic carbocycles. The Hall–Kier alpha value is -2.18. The standard InChI is InChI=1S/C50H91NO5/c1-4-7-10-13-16-19-22-23-24-25-26-27-28-31-34-37-40-43-50(55)56-46(41-38-35-32-29-20-17-14-11-8-5-2)44-49(54)51-47(45-52)48(53)42-39-36-33-30-21-18-15-12-9-6-3/h16,19,23-24,26-27,31,34,46-48,52-53H,4-15,17-18,20-22,25,28-30,32-33,35-45H2,1-3H3,(H,51,54)/b19-16-,24-23-,27-26-,34-31-. The predicted octanol–water partition coefficient (Wildman–Crippen LogP) is 13.9. The van der Waals surface area contributed by atoms with Crippen LogP contribution in [0.4, 0.5) is 0 Å². The summed E-state index contributed by atoms with van der Waals surface area (Å²) in [5.41, 5.74) is 0. The van der Waals surface area contributed by atoms with Crippen molar-refractivity contribution in [3.05, 3.63) is 48.6 Å². The molecule has 1 amide bonds. The summed E-state index contributed by atoms with van der Waals surface area (Å²) < 4.78 is 5.88. The largest absolute Gasteiger partial charge is 0.462 e. The third-order valence-corrected chi connectivity index (χ3v) is 10.7. The van der Waals surface area contributed by atoms with Gasteiger partial charge in [-0.25, -0.2) is 0 Å². The van der Waals surface area contributed by atoms with Crippen molar-refractivity contribution in [2.24, 2.45) is 0 Å². The third kappa shape index (κ3) is 38.7. The van der Waals surface area contributed by atoms with Gasteiger partial charge in [0.15, 0.2) is 0 Å². The molecule has 0 aromatic rings. The Bertz CT molecular complexity index is 972. The van der Waals surface area contributed by atoms with Crippen molar-refractivity contribution in [2.45, 2.75) is 251 Å². The highest BCUT2D eigenvalue weighted by atomic mass is 16.5. The number of unbranched alkanes of at least 4 members (excludes halogenated alkanes) is 22. The van der Waals surface area contributed by atoms with Crippen LogP contribution in [0.15, 0.2) is 48.6 Å². The molecule has 6 nitrogen and oxygen atoms in total. The number of nitrogens with one attached hydrogen (secondary N) is 1. The lowest BCUT2D eigenvalue weighted by Gasteiger charge is -2.24. The smallest absolute Gasteiger partial charge is 0.306 e. The van der Waals surface area contributed by atoms with E-state index in [1.54, 1.807) is 0 Å². The second-order valence-corrected chi connectivity index (χ2v) is 16.2. The van der Waals surface area contributed by atoms with E-state index >= 15 is 0 Å². The van der Waals surface area contributed by atoms with Gasteiger partial charge in [-0.3, -0.25) is 9.59 Å². The molecule has 3 unspecified atom stereocenters. The van der Waals surface area contributed by atoms with Gasteiger partial charge in [-0.05, 0) is 64.2 Å². The van der Waals surface area contributed by atoms with Crippen LogP contribution in [-0.4, -0.2) is 46.9 Å². The lowest BCUT2D eigenvalue weighted by molar-refractivity contribution is -0.151. The fraction of sp³-hybridized carbons (Fsp3) is 0.800. The molecule has 0 radical (unpaired) electrons. The summed E-state index contributed by atoms with van der Waals surface area (Å²) in [6.07, 6.45) is 51.7. The molecule has 0 aliphatic carbocycles. The molecule has 0 heterocycles. The number of amides is 1. The summed E-state index contributed by atoms with van der Waals surface area (Å²) >= 11 is 0. The van der Waals surface area contributed by atoms with Crippen molar-refractivity contribution in [3.63, 3.8) is 0 Å². The summed E-state index contributed by atoms with van der Waals surface area (Å²) in [7, 11) is 0. The second-order valence-electron chi connectivity index (χ2n) is 16.2. The Morgan fingerprint density at radius 2 is 0.911 bits per heavy atom. The number of carbonyl (C=O) groups is 2. The summed E-state index contributed by atoms with van der Waals surface area (Å²) in [5.74, 6) is -0.539. The van der Waals surface area contributed by atoms with Crippen molar-refractivity contribution in [3.8, 4) is 0 Å². The molecule has 0 rings (SSSR count). The van der Waals surface area contributed by atoms with Gasteiger partial charge in [0.2, 0.25) is 5.91 Å². The monoisotopic (exact) mass is 786 g/mol. The molecule has 0 aromatic heterocycles. The summed E-state index contributed by atoms with van der Waals surface area (Å²) in [6.45, 7) is 6.41. The van der Waals surface area contributed by atoms with Crippen LogP contribution >= 0.6 is 0 Å². The zero-order valence-electron chi connectivity index (χ0n) is 37.0. The number of aliphatic hydroxyl groups excluding tert-OH is 2. The summed E-state index contributed by atoms with van der Waals surface area (Å²) in [5, 5.41) is 23.6. The van der Waals surface area contributed by atoms with Crippen LogP contribution in [-0.2, 0) is 14.3 Å². The molecule has 0 saturated heterocycles. The maximum atomic E-state index is 13.1. The number of aliphatic hydroxyl groups is 2. The lowest BCUT2D eigenvalue weighted by Crippen LogP contribution is -2.46. The minimum Gasteiger partial charge on any atom is -0.462 e. The molecule has 56 heavy (non-hydrogen) atoms. The zero-order chi connectivity index (χ0) is 41.0. The maximum absolute atomic E-state index is 13.1. The molecule has 0 aliphatic heterocycles. The molecule has 326 valence electrons. The third-order valence-electron chi connectivity index (χ3n) is 10.7. The Morgan fingerprint density at radius 3 is 1.38 bits per heavy atom. The topological polar surface area (TPSA) is 95.9 Å². The second kappa shape index (κ2) is 43.9. The van der Waals surface area contributed by atoms with E-state index in [9.17, 15) is 19.8 Å². The van der Waals surface area contributed by atoms with E-state index in [1.807, 2.05) is 0 Å². The number of esters is 1. The average molecular weight is 786 g/mol. The van der Waals surface area contributed by atoms with E-state index in [2.05, 4.69) is 74.7 Å². The minimum atomic E-state index is -0.793. The van der Waals surface area contributed by atoms with Crippen LogP contribution in [0.5, 0.6) is 0 Å². The van der Waals surface area contributed by atoms with Crippen LogP contribution in [0.1, 0.15) is 233 Å². The highest BCUT2D eigenvalue weighted by Crippen LogP contribution is 2.17. The van der Waals surface area contributed by atoms with Gasteiger partial charge in [0.05, 0.1) is 25.2 Å². The van der Waals surface area contributed by atoms with Crippen LogP contribution in [0, 0.1) is 0 Å². The Balaban J connectivity index is 4.62. The van der Waals surface area contributed by atoms with Gasteiger partial charge in [0.25, 0.3) is 0 Å². The highest BCUT2D eigenvalue weighted by Gasteiger charge is 2.24. The Kier molecular flexibility index (Phi) is 42.2. The first-order valence-electron chi connectivity index (χ1n) is 23.9. The van der Waals surface area contributed by atoms with Gasteiger partial charge in [0.1, 0.15) is 6.10 Å². The molecule has 0 fully saturated rings. The molecular formula is C50H91NO5. The Labute approximate surface area is 346 Å². The molecule has 0 aliphatic rings. The number of allylic oxidation sites excluding steroid dienone is 8. The molecule has 0 bridgehead atoms. The molecule has 3 N–H and O–H groups in total. The quantitative estimate of drug-likeness (QED) is 0.0325. The van der Waals surface area contributed by atoms with E-state index in [0.717, 1.165) is 64.2 Å². The Morgan fingerprint density at radius 1 is 0.518 bits per heavy atom. The molecule has 0 spiro atoms. The van der Waals surface area contributed by atoms with Gasteiger partial charge in [-0.1, -0.05) is 204 Å². The van der Waals surface area contributed by atoms with Gasteiger partial charge < -0.3 is 20.3 Å². The predicted molar refractivity (Wildman–Crippen MR) is 241 cm³/mol. The van der Waals surface area contributed by atoms with Gasteiger partial charge in [-0.2, -0.15) is 0 Å². The number of rotatable bonds is 42. The molecular weight excluding hydrogens is 695 g/mol. The lowest BCUT2D eigenvalue weighted by atomic mass is 10.0. The number of ether oxygens (including phenoxy) is 1. The fourth-order valence-corrected chi connectivity index (χ4v) is 7.01. The summed E-state index contributed by atoms with van der Waals surface area (Å²) in [4.78, 5) is 26.0. The van der Waals surface area contributed by atoms with Gasteiger partial charge in [0, 0.05) is 6.42 Å². The normalized spacial score (nSPS) is 13.7. The van der Waals surface area contributed by atoms with E-state index in [0.29, 0.717) is 25.7 Å². The van der Waals surface area contributed by atoms with Gasteiger partial charge in [-0.15, -0.1) is 0 Å². The van der Waals surface area contributed by atoms with E-state index in [1.165, 1.54) is 116 Å². The molecule has 3 atom stereocenters. The van der Waals surface area contributed by atoms with E-state index in [4.69, 9.17) is 4.74 Å². The number of hydrogen-bond donors (Lipinski definition) is 3. The fourth-order valence-electron chi connectivity index (χ4n) is 7.01. The summed E-state index contributed by atoms with van der Waals surface area (Å²) in [6, 6.07) is -0.708. The van der Waals surface area contributed by atoms with Crippen LogP contribution in [0.25, 0.3) is 0 Å². The highest BCUT2D eigenvalue weighted by molar-refractivity contribution is 5.77. The van der Waals surface area contributed by atoms with Crippen molar-refractivity contribution >= 4 is 11.9 Å². The van der Waals surface area contributed by atoms with Crippen molar-refractivity contribution < 1.29 is 24.5 Å². The number of carbonyl (C=O) groups excluding carboxylic acids is 2. The molecule has 0 saturated carbocycles. The SMILES string of the molecule is CCCCC/C=C\C/C=C\C/C=C\C/C=C\CCCC(=O)OC(CCCCCCCCCCCC)CC(=O)NC(CO)C(O)CCCCCCCCCCCC. The molecule has 6 heteroatoms. The van der Waals surface area contributed by atoms with Crippen LogP contribution in [0.3, 0.4) is 0 Å². The van der Waals surface area contributed by atoms with E-state index < -0.39 is 18.2 Å². The first-order chi connectivity index (χ1) is 27.5. The first-order valence-corrected chi connectivity index (χ1v) is 23.9. The van der Waals surface area contributed by atoms with Gasteiger partial charge >= 0.3 is 5.97 Å². The van der Waals surface area contributed by atoms with Crippen molar-refractivity contribution in [1.82, 2.24) is 5.32 Å². The zero-order valence-corrected chi connectivity index (χ0v) is 37.0.